The highest BCUT2D eigenvalue weighted by Gasteiger charge is 2.31. The number of nitrogens with zero attached hydrogens (tertiary/aromatic N) is 3. The molecule has 0 radical (unpaired) electrons. The van der Waals surface area contributed by atoms with Gasteiger partial charge in [-0.3, -0.25) is 14.6 Å². The first kappa shape index (κ1) is 18.4. The fourth-order valence-corrected chi connectivity index (χ4v) is 3.56. The van der Waals surface area contributed by atoms with Gasteiger partial charge in [-0.1, -0.05) is 24.3 Å². The monoisotopic (exact) mass is 382 g/mol. The minimum Gasteiger partial charge on any atom is -0.321 e. The Morgan fingerprint density at radius 3 is 2.79 bits per heavy atom. The third-order valence-corrected chi connectivity index (χ3v) is 4.92. The van der Waals surface area contributed by atoms with Crippen molar-refractivity contribution in [1.82, 2.24) is 4.98 Å². The highest BCUT2D eigenvalue weighted by Crippen LogP contribution is 2.33. The van der Waals surface area contributed by atoms with Gasteiger partial charge in [-0.2, -0.15) is 5.26 Å². The molecule has 1 N–H and O–H groups in total. The van der Waals surface area contributed by atoms with Crippen LogP contribution in [0.2, 0.25) is 0 Å². The molecule has 1 aliphatic rings. The van der Waals surface area contributed by atoms with Gasteiger partial charge >= 0.3 is 0 Å². The Balaban J connectivity index is 1.58. The van der Waals surface area contributed by atoms with Gasteiger partial charge in [0.15, 0.2) is 0 Å². The second kappa shape index (κ2) is 7.56. The molecule has 1 unspecified atom stereocenters. The van der Waals surface area contributed by atoms with Gasteiger partial charge in [0.25, 0.3) is 11.8 Å². The van der Waals surface area contributed by atoms with Gasteiger partial charge in [-0.15, -0.1) is 0 Å². The molecular weight excluding hydrogens is 364 g/mol. The van der Waals surface area contributed by atoms with Crippen LogP contribution in [0.1, 0.15) is 38.9 Å². The van der Waals surface area contributed by atoms with Crippen molar-refractivity contribution in [2.45, 2.75) is 19.4 Å². The summed E-state index contributed by atoms with van der Waals surface area (Å²) in [5.74, 6) is -0.602. The molecule has 2 heterocycles. The number of carbonyl (C=O) groups excluding carboxylic acids is 2. The summed E-state index contributed by atoms with van der Waals surface area (Å²) in [4.78, 5) is 31.6. The summed E-state index contributed by atoms with van der Waals surface area (Å²) in [7, 11) is 0. The summed E-state index contributed by atoms with van der Waals surface area (Å²) in [6.45, 7) is 2.01. The number of amides is 2. The zero-order valence-electron chi connectivity index (χ0n) is 15.8. The van der Waals surface area contributed by atoms with Gasteiger partial charge in [0.05, 0.1) is 11.6 Å². The molecule has 0 spiro atoms. The highest BCUT2D eigenvalue weighted by molar-refractivity contribution is 6.10. The van der Waals surface area contributed by atoms with Crippen molar-refractivity contribution in [3.05, 3.63) is 89.2 Å². The average Bonchev–Trinajstić information content (AvgIpc) is 3.09. The van der Waals surface area contributed by atoms with Crippen LogP contribution in [0.15, 0.2) is 66.9 Å². The molecule has 0 saturated carbocycles. The Kier molecular flexibility index (Phi) is 4.80. The van der Waals surface area contributed by atoms with E-state index in [0.717, 1.165) is 17.7 Å². The molecule has 2 amide bonds. The van der Waals surface area contributed by atoms with E-state index < -0.39 is 5.91 Å². The topological polar surface area (TPSA) is 86.1 Å². The molecule has 6 heteroatoms. The van der Waals surface area contributed by atoms with Crippen LogP contribution in [0.3, 0.4) is 0 Å². The molecule has 3 aromatic rings. The first-order chi connectivity index (χ1) is 14.1. The zero-order valence-corrected chi connectivity index (χ0v) is 15.8. The Bertz CT molecular complexity index is 1150. The third kappa shape index (κ3) is 3.58. The van der Waals surface area contributed by atoms with Crippen LogP contribution < -0.4 is 10.2 Å². The van der Waals surface area contributed by atoms with Gasteiger partial charge < -0.3 is 10.2 Å². The molecule has 0 saturated heterocycles. The van der Waals surface area contributed by atoms with E-state index in [-0.39, 0.29) is 17.6 Å². The summed E-state index contributed by atoms with van der Waals surface area (Å²) in [5, 5.41) is 11.7. The van der Waals surface area contributed by atoms with Crippen LogP contribution in [0.4, 0.5) is 11.4 Å². The maximum atomic E-state index is 13.2. The number of aromatic nitrogens is 1. The molecule has 1 aliphatic heterocycles. The number of anilines is 2. The predicted octanol–water partition coefficient (Wildman–Crippen LogP) is 3.80. The number of nitrogens with one attached hydrogen (secondary N) is 1. The molecule has 2 aromatic carbocycles. The summed E-state index contributed by atoms with van der Waals surface area (Å²) in [5.41, 5.74) is 3.52. The van der Waals surface area contributed by atoms with Crippen molar-refractivity contribution >= 4 is 23.2 Å². The molecule has 6 nitrogen and oxygen atoms in total. The second-order valence-corrected chi connectivity index (χ2v) is 6.93. The lowest BCUT2D eigenvalue weighted by Crippen LogP contribution is -2.35. The number of carbonyl (C=O) groups is 2. The molecule has 0 aliphatic carbocycles. The number of benzene rings is 2. The van der Waals surface area contributed by atoms with Crippen molar-refractivity contribution in [2.24, 2.45) is 0 Å². The number of pyridine rings is 1. The SMILES string of the molecule is CC1Cc2ccccc2N1C(=O)c1ccnc(C(=O)Nc2cccc(C#N)c2)c1. The van der Waals surface area contributed by atoms with Crippen molar-refractivity contribution in [3.8, 4) is 6.07 Å². The molecule has 1 aromatic heterocycles. The molecular formula is C23H18N4O2. The van der Waals surface area contributed by atoms with Gasteiger partial charge in [-0.05, 0) is 55.3 Å². The Hall–Kier alpha value is -3.98. The normalized spacial score (nSPS) is 14.8. The van der Waals surface area contributed by atoms with E-state index in [9.17, 15) is 9.59 Å². The third-order valence-electron chi connectivity index (χ3n) is 4.92. The van der Waals surface area contributed by atoms with E-state index in [1.54, 1.807) is 35.2 Å². The van der Waals surface area contributed by atoms with Crippen LogP contribution >= 0.6 is 0 Å². The summed E-state index contributed by atoms with van der Waals surface area (Å²) in [6, 6.07) is 19.6. The van der Waals surface area contributed by atoms with E-state index >= 15 is 0 Å². The van der Waals surface area contributed by atoms with Crippen LogP contribution in [-0.4, -0.2) is 22.8 Å². The lowest BCUT2D eigenvalue weighted by atomic mass is 10.1. The van der Waals surface area contributed by atoms with Gasteiger partial charge in [0, 0.05) is 29.2 Å². The van der Waals surface area contributed by atoms with Crippen LogP contribution in [0, 0.1) is 11.3 Å². The molecule has 142 valence electrons. The second-order valence-electron chi connectivity index (χ2n) is 6.93. The van der Waals surface area contributed by atoms with Crippen molar-refractivity contribution in [2.75, 3.05) is 10.2 Å². The number of nitriles is 1. The maximum absolute atomic E-state index is 13.2. The van der Waals surface area contributed by atoms with Crippen LogP contribution in [-0.2, 0) is 6.42 Å². The molecule has 0 bridgehead atoms. The lowest BCUT2D eigenvalue weighted by Gasteiger charge is -2.23. The van der Waals surface area contributed by atoms with Crippen molar-refractivity contribution in [1.29, 1.82) is 5.26 Å². The Labute approximate surface area is 168 Å². The van der Waals surface area contributed by atoms with E-state index in [4.69, 9.17) is 5.26 Å². The van der Waals surface area contributed by atoms with E-state index in [1.165, 1.54) is 12.3 Å². The fourth-order valence-electron chi connectivity index (χ4n) is 3.56. The number of para-hydroxylation sites is 1. The molecule has 1 atom stereocenters. The Morgan fingerprint density at radius 1 is 1.14 bits per heavy atom. The van der Waals surface area contributed by atoms with Crippen LogP contribution in [0.25, 0.3) is 0 Å². The number of hydrogen-bond donors (Lipinski definition) is 1. The highest BCUT2D eigenvalue weighted by atomic mass is 16.2. The standard InChI is InChI=1S/C23H18N4O2/c1-15-11-17-6-2-3-8-21(17)27(15)23(29)18-9-10-25-20(13-18)22(28)26-19-7-4-5-16(12-19)14-24/h2-10,12-13,15H,11H2,1H3,(H,26,28). The van der Waals surface area contributed by atoms with Crippen molar-refractivity contribution < 1.29 is 9.59 Å². The molecule has 29 heavy (non-hydrogen) atoms. The van der Waals surface area contributed by atoms with E-state index in [2.05, 4.69) is 10.3 Å². The van der Waals surface area contributed by atoms with Crippen molar-refractivity contribution in [3.63, 3.8) is 0 Å². The summed E-state index contributed by atoms with van der Waals surface area (Å²) >= 11 is 0. The van der Waals surface area contributed by atoms with Gasteiger partial charge in [0.2, 0.25) is 0 Å². The largest absolute Gasteiger partial charge is 0.321 e. The van der Waals surface area contributed by atoms with Gasteiger partial charge in [-0.25, -0.2) is 0 Å². The van der Waals surface area contributed by atoms with E-state index in [1.807, 2.05) is 37.3 Å². The quantitative estimate of drug-likeness (QED) is 0.747. The number of fused-ring (bicyclic) bond motifs is 1. The number of rotatable bonds is 3. The molecule has 0 fully saturated rings. The lowest BCUT2D eigenvalue weighted by molar-refractivity contribution is 0.0981. The first-order valence-corrected chi connectivity index (χ1v) is 9.26. The summed E-state index contributed by atoms with van der Waals surface area (Å²) < 4.78 is 0. The maximum Gasteiger partial charge on any atom is 0.274 e. The smallest absolute Gasteiger partial charge is 0.274 e. The Morgan fingerprint density at radius 2 is 1.97 bits per heavy atom. The fraction of sp³-hybridized carbons (Fsp3) is 0.130. The molecule has 4 rings (SSSR count). The summed E-state index contributed by atoms with van der Waals surface area (Å²) in [6.07, 6.45) is 2.26. The zero-order chi connectivity index (χ0) is 20.4. The predicted molar refractivity (Wildman–Crippen MR) is 110 cm³/mol. The first-order valence-electron chi connectivity index (χ1n) is 9.26. The average molecular weight is 382 g/mol. The van der Waals surface area contributed by atoms with Crippen LogP contribution in [0.5, 0.6) is 0 Å². The minimum absolute atomic E-state index is 0.0408. The van der Waals surface area contributed by atoms with E-state index in [0.29, 0.717) is 16.8 Å². The number of hydrogen-bond acceptors (Lipinski definition) is 4. The van der Waals surface area contributed by atoms with Gasteiger partial charge in [0.1, 0.15) is 5.69 Å². The minimum atomic E-state index is -0.440.